The molecular formula is C24H34N4O. The molecule has 2 aromatic rings. The van der Waals surface area contributed by atoms with Crippen LogP contribution < -0.4 is 5.32 Å². The van der Waals surface area contributed by atoms with Gasteiger partial charge in [-0.05, 0) is 75.0 Å². The van der Waals surface area contributed by atoms with Gasteiger partial charge in [-0.25, -0.2) is 0 Å². The molecule has 1 aromatic carbocycles. The van der Waals surface area contributed by atoms with Gasteiger partial charge in [0.15, 0.2) is 0 Å². The van der Waals surface area contributed by atoms with E-state index in [0.29, 0.717) is 6.54 Å². The molecule has 29 heavy (non-hydrogen) atoms. The van der Waals surface area contributed by atoms with Gasteiger partial charge >= 0.3 is 0 Å². The van der Waals surface area contributed by atoms with Crippen molar-refractivity contribution in [1.29, 1.82) is 0 Å². The molecule has 1 amide bonds. The number of aromatic nitrogens is 1. The number of amides is 1. The number of piperazine rings is 1. The summed E-state index contributed by atoms with van der Waals surface area (Å²) in [5.74, 6) is 0.792. The second-order valence-electron chi connectivity index (χ2n) is 8.89. The number of likely N-dealkylation sites (N-methyl/N-ethyl adjacent to an activating group) is 1. The first-order chi connectivity index (χ1) is 14.0. The molecule has 156 valence electrons. The number of rotatable bonds is 5. The van der Waals surface area contributed by atoms with Gasteiger partial charge in [0.05, 0.1) is 0 Å². The van der Waals surface area contributed by atoms with Crippen LogP contribution in [0.5, 0.6) is 0 Å². The Hall–Kier alpha value is -2.11. The third-order valence-corrected chi connectivity index (χ3v) is 6.52. The Kier molecular flexibility index (Phi) is 6.07. The predicted molar refractivity (Wildman–Crippen MR) is 118 cm³/mol. The number of hydrogen-bond donors (Lipinski definition) is 1. The van der Waals surface area contributed by atoms with Gasteiger partial charge in [-0.2, -0.15) is 0 Å². The normalized spacial score (nSPS) is 20.4. The van der Waals surface area contributed by atoms with Crippen LogP contribution in [0.25, 0.3) is 5.69 Å². The number of fused-ring (bicyclic) bond motifs is 1. The molecule has 1 aliphatic carbocycles. The van der Waals surface area contributed by atoms with Crippen LogP contribution in [0.15, 0.2) is 30.3 Å². The van der Waals surface area contributed by atoms with Crippen molar-refractivity contribution >= 4 is 5.91 Å². The first-order valence-electron chi connectivity index (χ1n) is 11.0. The van der Waals surface area contributed by atoms with E-state index in [2.05, 4.69) is 58.8 Å². The Morgan fingerprint density at radius 2 is 1.86 bits per heavy atom. The van der Waals surface area contributed by atoms with Crippen LogP contribution in [0.2, 0.25) is 0 Å². The number of nitrogens with zero attached hydrogens (tertiary/aromatic N) is 3. The minimum atomic E-state index is 0.0192. The molecular weight excluding hydrogens is 360 g/mol. The van der Waals surface area contributed by atoms with E-state index >= 15 is 0 Å². The topological polar surface area (TPSA) is 40.5 Å². The standard InChI is InChI=1S/C24H34N4O/c1-18-4-9-23-21(16-18)17-19(2)28(23)22-7-5-20(6-8-22)24(29)25-10-11-27-14-12-26(3)13-15-27/h5-8,17-18H,4,9-16H2,1-3H3,(H,25,29)/t18-/m0/s1. The van der Waals surface area contributed by atoms with E-state index < -0.39 is 0 Å². The van der Waals surface area contributed by atoms with E-state index in [1.54, 1.807) is 0 Å². The number of aryl methyl sites for hydroxylation is 1. The van der Waals surface area contributed by atoms with Gasteiger partial charge in [0.1, 0.15) is 0 Å². The number of benzene rings is 1. The second-order valence-corrected chi connectivity index (χ2v) is 8.89. The van der Waals surface area contributed by atoms with Crippen LogP contribution in [0.3, 0.4) is 0 Å². The Morgan fingerprint density at radius 1 is 1.14 bits per heavy atom. The largest absolute Gasteiger partial charge is 0.351 e. The molecule has 1 aromatic heterocycles. The Morgan fingerprint density at radius 3 is 2.59 bits per heavy atom. The average molecular weight is 395 g/mol. The van der Waals surface area contributed by atoms with Crippen LogP contribution in [0.1, 0.15) is 40.7 Å². The molecule has 2 heterocycles. The van der Waals surface area contributed by atoms with E-state index in [1.807, 2.05) is 12.1 Å². The van der Waals surface area contributed by atoms with Crippen LogP contribution in [0, 0.1) is 12.8 Å². The highest BCUT2D eigenvalue weighted by molar-refractivity contribution is 5.94. The molecule has 1 fully saturated rings. The first-order valence-corrected chi connectivity index (χ1v) is 11.0. The molecule has 1 atom stereocenters. The summed E-state index contributed by atoms with van der Waals surface area (Å²) in [5, 5.41) is 3.08. The Labute approximate surface area is 174 Å². The van der Waals surface area contributed by atoms with Crippen LogP contribution in [-0.4, -0.2) is 66.6 Å². The van der Waals surface area contributed by atoms with Crippen molar-refractivity contribution in [3.63, 3.8) is 0 Å². The van der Waals surface area contributed by atoms with Crippen LogP contribution in [-0.2, 0) is 12.8 Å². The van der Waals surface area contributed by atoms with E-state index in [4.69, 9.17) is 0 Å². The fraction of sp³-hybridized carbons (Fsp3) is 0.542. The number of hydrogen-bond acceptors (Lipinski definition) is 3. The van der Waals surface area contributed by atoms with Crippen molar-refractivity contribution < 1.29 is 4.79 Å². The molecule has 5 heteroatoms. The van der Waals surface area contributed by atoms with Crippen LogP contribution in [0.4, 0.5) is 0 Å². The quantitative estimate of drug-likeness (QED) is 0.848. The maximum absolute atomic E-state index is 12.5. The minimum Gasteiger partial charge on any atom is -0.351 e. The zero-order chi connectivity index (χ0) is 20.4. The lowest BCUT2D eigenvalue weighted by atomic mass is 9.89. The zero-order valence-corrected chi connectivity index (χ0v) is 18.1. The van der Waals surface area contributed by atoms with E-state index in [-0.39, 0.29) is 5.91 Å². The summed E-state index contributed by atoms with van der Waals surface area (Å²) >= 11 is 0. The maximum atomic E-state index is 12.5. The molecule has 1 N–H and O–H groups in total. The van der Waals surface area contributed by atoms with Crippen molar-refractivity contribution in [1.82, 2.24) is 19.7 Å². The first kappa shape index (κ1) is 20.2. The Balaban J connectivity index is 1.36. The van der Waals surface area contributed by atoms with Gasteiger partial charge in [-0.1, -0.05) is 6.92 Å². The van der Waals surface area contributed by atoms with Gasteiger partial charge in [-0.15, -0.1) is 0 Å². The second kappa shape index (κ2) is 8.72. The smallest absolute Gasteiger partial charge is 0.251 e. The lowest BCUT2D eigenvalue weighted by Crippen LogP contribution is -2.46. The van der Waals surface area contributed by atoms with Crippen molar-refractivity contribution in [3.05, 3.63) is 52.8 Å². The monoisotopic (exact) mass is 394 g/mol. The number of carbonyl (C=O) groups excluding carboxylic acids is 1. The van der Waals surface area contributed by atoms with Crippen molar-refractivity contribution in [2.75, 3.05) is 46.3 Å². The third kappa shape index (κ3) is 4.57. The molecule has 0 unspecified atom stereocenters. The predicted octanol–water partition coefficient (Wildman–Crippen LogP) is 2.89. The molecule has 2 aliphatic rings. The van der Waals surface area contributed by atoms with Gasteiger partial charge in [-0.3, -0.25) is 9.69 Å². The lowest BCUT2D eigenvalue weighted by Gasteiger charge is -2.32. The highest BCUT2D eigenvalue weighted by atomic mass is 16.1. The summed E-state index contributed by atoms with van der Waals surface area (Å²) in [4.78, 5) is 17.3. The summed E-state index contributed by atoms with van der Waals surface area (Å²) in [6, 6.07) is 10.4. The summed E-state index contributed by atoms with van der Waals surface area (Å²) in [6.07, 6.45) is 3.57. The summed E-state index contributed by atoms with van der Waals surface area (Å²) in [5.41, 5.74) is 6.12. The lowest BCUT2D eigenvalue weighted by molar-refractivity contribution is 0.0941. The van der Waals surface area contributed by atoms with Crippen LogP contribution >= 0.6 is 0 Å². The van der Waals surface area contributed by atoms with E-state index in [1.165, 1.54) is 29.8 Å². The Bertz CT molecular complexity index is 847. The average Bonchev–Trinajstić information content (AvgIpc) is 3.04. The molecule has 0 bridgehead atoms. The molecule has 1 aliphatic heterocycles. The molecule has 0 saturated carbocycles. The molecule has 5 nitrogen and oxygen atoms in total. The molecule has 4 rings (SSSR count). The fourth-order valence-electron chi connectivity index (χ4n) is 4.69. The third-order valence-electron chi connectivity index (χ3n) is 6.52. The van der Waals surface area contributed by atoms with Gasteiger partial charge in [0.2, 0.25) is 0 Å². The molecule has 1 saturated heterocycles. The van der Waals surface area contributed by atoms with Crippen molar-refractivity contribution in [2.24, 2.45) is 5.92 Å². The minimum absolute atomic E-state index is 0.0192. The highest BCUT2D eigenvalue weighted by Gasteiger charge is 2.21. The fourth-order valence-corrected chi connectivity index (χ4v) is 4.69. The highest BCUT2D eigenvalue weighted by Crippen LogP contribution is 2.30. The summed E-state index contributed by atoms with van der Waals surface area (Å²) in [6.45, 7) is 10.5. The molecule has 0 spiro atoms. The maximum Gasteiger partial charge on any atom is 0.251 e. The van der Waals surface area contributed by atoms with E-state index in [0.717, 1.165) is 56.3 Å². The van der Waals surface area contributed by atoms with Gasteiger partial charge < -0.3 is 14.8 Å². The van der Waals surface area contributed by atoms with Crippen molar-refractivity contribution in [3.8, 4) is 5.69 Å². The summed E-state index contributed by atoms with van der Waals surface area (Å²) in [7, 11) is 2.16. The van der Waals surface area contributed by atoms with Gasteiger partial charge in [0.25, 0.3) is 5.91 Å². The van der Waals surface area contributed by atoms with Gasteiger partial charge in [0, 0.05) is 61.9 Å². The van der Waals surface area contributed by atoms with E-state index in [9.17, 15) is 4.79 Å². The number of nitrogens with one attached hydrogen (secondary N) is 1. The number of carbonyl (C=O) groups is 1. The SMILES string of the molecule is Cc1cc2c(n1-c1ccc(C(=O)NCCN3CCN(C)CC3)cc1)CC[C@H](C)C2. The molecule has 0 radical (unpaired) electrons. The zero-order valence-electron chi connectivity index (χ0n) is 18.1. The van der Waals surface area contributed by atoms with Crippen molar-refractivity contribution in [2.45, 2.75) is 33.1 Å². The summed E-state index contributed by atoms with van der Waals surface area (Å²) < 4.78 is 2.37.